The lowest BCUT2D eigenvalue weighted by atomic mass is 10.1. The van der Waals surface area contributed by atoms with Crippen LogP contribution in [0.3, 0.4) is 0 Å². The molecule has 106 valence electrons. The number of benzene rings is 2. The molecule has 3 nitrogen and oxygen atoms in total. The Hall–Kier alpha value is -2.00. The fourth-order valence-corrected chi connectivity index (χ4v) is 2.08. The van der Waals surface area contributed by atoms with Crippen LogP contribution in [0, 0.1) is 13.8 Å². The van der Waals surface area contributed by atoms with Crippen molar-refractivity contribution in [2.75, 3.05) is 13.2 Å². The third kappa shape index (κ3) is 3.75. The fourth-order valence-electron chi connectivity index (χ4n) is 2.08. The molecule has 2 aromatic carbocycles. The van der Waals surface area contributed by atoms with E-state index in [1.54, 1.807) is 0 Å². The van der Waals surface area contributed by atoms with Crippen LogP contribution in [0.5, 0.6) is 11.5 Å². The van der Waals surface area contributed by atoms with Gasteiger partial charge in [0.2, 0.25) is 0 Å². The van der Waals surface area contributed by atoms with Crippen LogP contribution in [0.2, 0.25) is 0 Å². The molecular formula is C17H21NO2. The lowest BCUT2D eigenvalue weighted by molar-refractivity contribution is 0.215. The molecule has 0 spiro atoms. The normalized spacial score (nSPS) is 10.3. The number of nitrogens with two attached hydrogens (primary N) is 1. The summed E-state index contributed by atoms with van der Waals surface area (Å²) >= 11 is 0. The zero-order valence-corrected chi connectivity index (χ0v) is 12.1. The average molecular weight is 271 g/mol. The second-order valence-corrected chi connectivity index (χ2v) is 4.78. The monoisotopic (exact) mass is 271 g/mol. The minimum atomic E-state index is 0.480. The molecule has 0 saturated heterocycles. The maximum atomic E-state index is 5.73. The van der Waals surface area contributed by atoms with Gasteiger partial charge in [0.05, 0.1) is 0 Å². The van der Waals surface area contributed by atoms with Gasteiger partial charge in [-0.2, -0.15) is 0 Å². The van der Waals surface area contributed by atoms with Gasteiger partial charge >= 0.3 is 0 Å². The molecule has 0 aliphatic rings. The van der Waals surface area contributed by atoms with Crippen molar-refractivity contribution in [3.63, 3.8) is 0 Å². The minimum absolute atomic E-state index is 0.480. The molecule has 2 rings (SSSR count). The Morgan fingerprint density at radius 3 is 2.30 bits per heavy atom. The van der Waals surface area contributed by atoms with Crippen LogP contribution in [0.1, 0.15) is 16.7 Å². The lowest BCUT2D eigenvalue weighted by Crippen LogP contribution is -2.11. The molecule has 0 aliphatic heterocycles. The van der Waals surface area contributed by atoms with E-state index in [-0.39, 0.29) is 0 Å². The van der Waals surface area contributed by atoms with Crippen LogP contribution in [-0.4, -0.2) is 13.2 Å². The molecule has 0 fully saturated rings. The molecule has 20 heavy (non-hydrogen) atoms. The summed E-state index contributed by atoms with van der Waals surface area (Å²) < 4.78 is 11.4. The predicted molar refractivity (Wildman–Crippen MR) is 81.2 cm³/mol. The highest BCUT2D eigenvalue weighted by Gasteiger charge is 2.02. The highest BCUT2D eigenvalue weighted by Crippen LogP contribution is 2.19. The smallest absolute Gasteiger partial charge is 0.123 e. The van der Waals surface area contributed by atoms with Gasteiger partial charge in [0.15, 0.2) is 0 Å². The first-order valence-corrected chi connectivity index (χ1v) is 6.81. The number of ether oxygens (including phenoxy) is 2. The van der Waals surface area contributed by atoms with E-state index < -0.39 is 0 Å². The molecule has 3 heteroatoms. The summed E-state index contributed by atoms with van der Waals surface area (Å²) in [5.74, 6) is 1.74. The molecule has 0 bridgehead atoms. The van der Waals surface area contributed by atoms with Gasteiger partial charge in [0.1, 0.15) is 24.7 Å². The first-order chi connectivity index (χ1) is 9.70. The van der Waals surface area contributed by atoms with Gasteiger partial charge < -0.3 is 15.2 Å². The minimum Gasteiger partial charge on any atom is -0.490 e. The van der Waals surface area contributed by atoms with Crippen molar-refractivity contribution in [1.29, 1.82) is 0 Å². The first kappa shape index (κ1) is 14.4. The molecule has 2 N–H and O–H groups in total. The number of para-hydroxylation sites is 1. The van der Waals surface area contributed by atoms with Crippen LogP contribution in [0.25, 0.3) is 0 Å². The SMILES string of the molecule is Cc1ccc(OCCOc2ccccc2CN)c(C)c1. The van der Waals surface area contributed by atoms with Crippen molar-refractivity contribution in [3.8, 4) is 11.5 Å². The largest absolute Gasteiger partial charge is 0.490 e. The van der Waals surface area contributed by atoms with E-state index in [2.05, 4.69) is 13.0 Å². The summed E-state index contributed by atoms with van der Waals surface area (Å²) in [6, 6.07) is 14.0. The van der Waals surface area contributed by atoms with Gasteiger partial charge in [-0.25, -0.2) is 0 Å². The quantitative estimate of drug-likeness (QED) is 0.820. The van der Waals surface area contributed by atoms with E-state index in [0.29, 0.717) is 19.8 Å². The molecule has 0 unspecified atom stereocenters. The van der Waals surface area contributed by atoms with Crippen molar-refractivity contribution in [2.45, 2.75) is 20.4 Å². The Balaban J connectivity index is 1.84. The van der Waals surface area contributed by atoms with Crippen molar-refractivity contribution in [1.82, 2.24) is 0 Å². The first-order valence-electron chi connectivity index (χ1n) is 6.81. The van der Waals surface area contributed by atoms with E-state index in [1.165, 1.54) is 5.56 Å². The fraction of sp³-hybridized carbons (Fsp3) is 0.294. The number of hydrogen-bond acceptors (Lipinski definition) is 3. The molecule has 0 amide bonds. The van der Waals surface area contributed by atoms with E-state index >= 15 is 0 Å². The van der Waals surface area contributed by atoms with Crippen LogP contribution >= 0.6 is 0 Å². The highest BCUT2D eigenvalue weighted by atomic mass is 16.5. The van der Waals surface area contributed by atoms with Gasteiger partial charge in [-0.05, 0) is 31.5 Å². The Morgan fingerprint density at radius 1 is 0.900 bits per heavy atom. The maximum Gasteiger partial charge on any atom is 0.123 e. The Bertz CT molecular complexity index is 567. The summed E-state index contributed by atoms with van der Waals surface area (Å²) in [6.07, 6.45) is 0. The topological polar surface area (TPSA) is 44.5 Å². The Labute approximate surface area is 120 Å². The van der Waals surface area contributed by atoms with Crippen molar-refractivity contribution < 1.29 is 9.47 Å². The van der Waals surface area contributed by atoms with Crippen LogP contribution in [0.4, 0.5) is 0 Å². The second kappa shape index (κ2) is 6.96. The van der Waals surface area contributed by atoms with Gasteiger partial charge in [0.25, 0.3) is 0 Å². The summed E-state index contributed by atoms with van der Waals surface area (Å²) in [5, 5.41) is 0. The Morgan fingerprint density at radius 2 is 1.60 bits per heavy atom. The molecular weight excluding hydrogens is 250 g/mol. The molecule has 0 aromatic heterocycles. The van der Waals surface area contributed by atoms with Crippen molar-refractivity contribution >= 4 is 0 Å². The van der Waals surface area contributed by atoms with Gasteiger partial charge in [-0.1, -0.05) is 35.9 Å². The molecule has 2 aromatic rings. The van der Waals surface area contributed by atoms with E-state index in [0.717, 1.165) is 22.6 Å². The summed E-state index contributed by atoms with van der Waals surface area (Å²) in [7, 11) is 0. The lowest BCUT2D eigenvalue weighted by Gasteiger charge is -2.12. The van der Waals surface area contributed by atoms with Gasteiger partial charge in [-0.3, -0.25) is 0 Å². The van der Waals surface area contributed by atoms with Crippen molar-refractivity contribution in [2.24, 2.45) is 5.73 Å². The highest BCUT2D eigenvalue weighted by molar-refractivity contribution is 5.35. The van der Waals surface area contributed by atoms with Gasteiger partial charge in [-0.15, -0.1) is 0 Å². The van der Waals surface area contributed by atoms with Gasteiger partial charge in [0, 0.05) is 12.1 Å². The van der Waals surface area contributed by atoms with E-state index in [4.69, 9.17) is 15.2 Å². The third-order valence-electron chi connectivity index (χ3n) is 3.12. The summed E-state index contributed by atoms with van der Waals surface area (Å²) in [4.78, 5) is 0. The summed E-state index contributed by atoms with van der Waals surface area (Å²) in [6.45, 7) is 5.62. The number of hydrogen-bond donors (Lipinski definition) is 1. The Kier molecular flexibility index (Phi) is 5.02. The molecule has 0 radical (unpaired) electrons. The van der Waals surface area contributed by atoms with Crippen LogP contribution < -0.4 is 15.2 Å². The zero-order chi connectivity index (χ0) is 14.4. The van der Waals surface area contributed by atoms with E-state index in [9.17, 15) is 0 Å². The average Bonchev–Trinajstić information content (AvgIpc) is 2.46. The predicted octanol–water partition coefficient (Wildman–Crippen LogP) is 3.22. The second-order valence-electron chi connectivity index (χ2n) is 4.78. The third-order valence-corrected chi connectivity index (χ3v) is 3.12. The summed E-state index contributed by atoms with van der Waals surface area (Å²) in [5.41, 5.74) is 9.07. The van der Waals surface area contributed by atoms with Crippen LogP contribution in [-0.2, 0) is 6.54 Å². The number of rotatable bonds is 6. The zero-order valence-electron chi connectivity index (χ0n) is 12.1. The molecule has 0 aliphatic carbocycles. The van der Waals surface area contributed by atoms with E-state index in [1.807, 2.05) is 43.3 Å². The standard InChI is InChI=1S/C17H21NO2/c1-13-7-8-16(14(2)11-13)19-9-10-20-17-6-4-3-5-15(17)12-18/h3-8,11H,9-10,12,18H2,1-2H3. The molecule has 0 atom stereocenters. The molecule has 0 saturated carbocycles. The van der Waals surface area contributed by atoms with Crippen LogP contribution in [0.15, 0.2) is 42.5 Å². The molecule has 0 heterocycles. The number of aryl methyl sites for hydroxylation is 2. The maximum absolute atomic E-state index is 5.73. The van der Waals surface area contributed by atoms with Crippen molar-refractivity contribution in [3.05, 3.63) is 59.2 Å².